The number of amides is 2. The summed E-state index contributed by atoms with van der Waals surface area (Å²) in [5.74, 6) is -1.31. The van der Waals surface area contributed by atoms with Crippen molar-refractivity contribution in [2.45, 2.75) is 31.3 Å². The van der Waals surface area contributed by atoms with E-state index in [1.54, 1.807) is 29.2 Å². The Kier molecular flexibility index (Phi) is 6.97. The van der Waals surface area contributed by atoms with Crippen LogP contribution in [0.2, 0.25) is 0 Å². The first kappa shape index (κ1) is 23.5. The molecule has 2 aliphatic rings. The molecule has 0 aliphatic carbocycles. The maximum absolute atomic E-state index is 13.0. The van der Waals surface area contributed by atoms with E-state index in [0.717, 1.165) is 16.5 Å². The topological polar surface area (TPSA) is 134 Å². The van der Waals surface area contributed by atoms with Crippen LogP contribution < -0.4 is 11.1 Å². The van der Waals surface area contributed by atoms with Gasteiger partial charge in [0.2, 0.25) is 17.7 Å². The van der Waals surface area contributed by atoms with Crippen LogP contribution in [0.15, 0.2) is 69.9 Å². The number of carbonyl (C=O) groups excluding carboxylic acids is 3. The number of esters is 1. The first-order chi connectivity index (χ1) is 16.3. The third kappa shape index (κ3) is 5.45. The molecule has 0 spiro atoms. The van der Waals surface area contributed by atoms with E-state index in [2.05, 4.69) is 26.2 Å². The van der Waals surface area contributed by atoms with Gasteiger partial charge in [0.05, 0.1) is 0 Å². The van der Waals surface area contributed by atoms with Crippen molar-refractivity contribution in [2.75, 3.05) is 6.54 Å². The molecule has 9 nitrogen and oxygen atoms in total. The van der Waals surface area contributed by atoms with Crippen LogP contribution in [0.25, 0.3) is 0 Å². The van der Waals surface area contributed by atoms with Crippen molar-refractivity contribution < 1.29 is 24.2 Å². The quantitative estimate of drug-likeness (QED) is 0.373. The number of phenolic OH excluding ortho intramolecular Hbond substituents is 1. The summed E-state index contributed by atoms with van der Waals surface area (Å²) in [6, 6.07) is 12.1. The van der Waals surface area contributed by atoms with Gasteiger partial charge >= 0.3 is 5.97 Å². The van der Waals surface area contributed by atoms with Gasteiger partial charge in [0.25, 0.3) is 0 Å². The fraction of sp³-hybridized carbons (Fsp3) is 0.250. The third-order valence-electron chi connectivity index (χ3n) is 5.63. The van der Waals surface area contributed by atoms with Crippen molar-refractivity contribution in [3.05, 3.63) is 76.0 Å². The number of phenols is 1. The molecule has 2 aromatic carbocycles. The predicted molar refractivity (Wildman–Crippen MR) is 128 cm³/mol. The SMILES string of the molecule is NC(=O)[C@@H](Cc1ccc(O)cc1)NC(=O)[C@@H]1CCCN1/C=C1/N=C(c2ccc(Br)cc2)OC1=O. The van der Waals surface area contributed by atoms with E-state index in [0.29, 0.717) is 18.5 Å². The summed E-state index contributed by atoms with van der Waals surface area (Å²) in [7, 11) is 0. The Morgan fingerprint density at radius 1 is 1.24 bits per heavy atom. The lowest BCUT2D eigenvalue weighted by Crippen LogP contribution is -2.51. The molecule has 2 heterocycles. The lowest BCUT2D eigenvalue weighted by atomic mass is 10.0. The van der Waals surface area contributed by atoms with Crippen LogP contribution in [0.4, 0.5) is 0 Å². The second-order valence-electron chi connectivity index (χ2n) is 8.06. The predicted octanol–water partition coefficient (Wildman–Crippen LogP) is 1.98. The minimum absolute atomic E-state index is 0.105. The molecule has 2 atom stereocenters. The number of carbonyl (C=O) groups is 3. The van der Waals surface area contributed by atoms with Gasteiger partial charge in [-0.2, -0.15) is 0 Å². The molecule has 2 aliphatic heterocycles. The summed E-state index contributed by atoms with van der Waals surface area (Å²) in [4.78, 5) is 43.4. The lowest BCUT2D eigenvalue weighted by Gasteiger charge is -2.24. The monoisotopic (exact) mass is 526 g/mol. The number of aliphatic imine (C=N–C) groups is 1. The number of nitrogens with zero attached hydrogens (tertiary/aromatic N) is 2. The number of primary amides is 1. The third-order valence-corrected chi connectivity index (χ3v) is 6.16. The molecule has 0 saturated carbocycles. The van der Waals surface area contributed by atoms with Gasteiger partial charge in [-0.3, -0.25) is 9.59 Å². The van der Waals surface area contributed by atoms with E-state index in [-0.39, 0.29) is 29.7 Å². The molecule has 0 aromatic heterocycles. The molecule has 1 saturated heterocycles. The van der Waals surface area contributed by atoms with Gasteiger partial charge < -0.3 is 25.8 Å². The Hall–Kier alpha value is -3.66. The molecular formula is C24H23BrN4O5. The van der Waals surface area contributed by atoms with Crippen molar-refractivity contribution in [1.82, 2.24) is 10.2 Å². The van der Waals surface area contributed by atoms with Crippen molar-refractivity contribution in [2.24, 2.45) is 10.7 Å². The summed E-state index contributed by atoms with van der Waals surface area (Å²) < 4.78 is 6.19. The number of aromatic hydroxyl groups is 1. The summed E-state index contributed by atoms with van der Waals surface area (Å²) in [6.07, 6.45) is 3.02. The van der Waals surface area contributed by atoms with Gasteiger partial charge in [-0.25, -0.2) is 9.79 Å². The normalized spacial score (nSPS) is 19.6. The highest BCUT2D eigenvalue weighted by Crippen LogP contribution is 2.23. The molecule has 34 heavy (non-hydrogen) atoms. The number of nitrogens with one attached hydrogen (secondary N) is 1. The van der Waals surface area contributed by atoms with Crippen molar-refractivity contribution >= 4 is 39.6 Å². The molecule has 2 aromatic rings. The Labute approximate surface area is 204 Å². The molecule has 1 fully saturated rings. The zero-order valence-electron chi connectivity index (χ0n) is 18.1. The number of halogens is 1. The van der Waals surface area contributed by atoms with Crippen LogP contribution in [0.3, 0.4) is 0 Å². The molecule has 10 heteroatoms. The number of cyclic esters (lactones) is 1. The van der Waals surface area contributed by atoms with E-state index >= 15 is 0 Å². The summed E-state index contributed by atoms with van der Waals surface area (Å²) in [6.45, 7) is 0.553. The molecule has 4 rings (SSSR count). The van der Waals surface area contributed by atoms with Crippen LogP contribution in [-0.2, 0) is 25.5 Å². The van der Waals surface area contributed by atoms with Crippen LogP contribution >= 0.6 is 15.9 Å². The van der Waals surface area contributed by atoms with Crippen LogP contribution in [-0.4, -0.2) is 52.3 Å². The van der Waals surface area contributed by atoms with Gasteiger partial charge in [0.15, 0.2) is 5.70 Å². The zero-order chi connectivity index (χ0) is 24.2. The number of hydrogen-bond acceptors (Lipinski definition) is 7. The highest BCUT2D eigenvalue weighted by atomic mass is 79.9. The molecule has 0 unspecified atom stereocenters. The van der Waals surface area contributed by atoms with E-state index in [9.17, 15) is 19.5 Å². The average molecular weight is 527 g/mol. The molecule has 176 valence electrons. The zero-order valence-corrected chi connectivity index (χ0v) is 19.7. The molecule has 0 bridgehead atoms. The Balaban J connectivity index is 1.46. The van der Waals surface area contributed by atoms with E-state index in [1.165, 1.54) is 18.3 Å². The van der Waals surface area contributed by atoms with E-state index < -0.39 is 24.0 Å². The number of nitrogens with two attached hydrogens (primary N) is 1. The minimum Gasteiger partial charge on any atom is -0.508 e. The number of benzene rings is 2. The molecular weight excluding hydrogens is 504 g/mol. The highest BCUT2D eigenvalue weighted by molar-refractivity contribution is 9.10. The highest BCUT2D eigenvalue weighted by Gasteiger charge is 2.33. The van der Waals surface area contributed by atoms with Gasteiger partial charge in [-0.05, 0) is 54.8 Å². The smallest absolute Gasteiger partial charge is 0.365 e. The standard InChI is InChI=1S/C24H23BrN4O5/c25-16-7-5-15(6-8-16)23-28-19(24(33)34-23)13-29-11-1-2-20(29)22(32)27-18(21(26)31)12-14-3-9-17(30)10-4-14/h3-10,13,18,20,30H,1-2,11-12H2,(H2,26,31)(H,27,32)/b19-13+/t18-,20+/m1/s1. The second kappa shape index (κ2) is 10.1. The van der Waals surface area contributed by atoms with Crippen LogP contribution in [0.1, 0.15) is 24.0 Å². The van der Waals surface area contributed by atoms with Crippen LogP contribution in [0, 0.1) is 0 Å². The minimum atomic E-state index is -0.911. The Bertz CT molecular complexity index is 1160. The van der Waals surface area contributed by atoms with Gasteiger partial charge in [-0.1, -0.05) is 28.1 Å². The number of likely N-dealkylation sites (tertiary alicyclic amines) is 1. The fourth-order valence-electron chi connectivity index (χ4n) is 3.86. The van der Waals surface area contributed by atoms with Gasteiger partial charge in [-0.15, -0.1) is 0 Å². The largest absolute Gasteiger partial charge is 0.508 e. The van der Waals surface area contributed by atoms with Crippen molar-refractivity contribution in [3.8, 4) is 5.75 Å². The number of hydrogen-bond donors (Lipinski definition) is 3. The van der Waals surface area contributed by atoms with Gasteiger partial charge in [0, 0.05) is 29.2 Å². The van der Waals surface area contributed by atoms with Gasteiger partial charge in [0.1, 0.15) is 17.8 Å². The fourth-order valence-corrected chi connectivity index (χ4v) is 4.12. The maximum Gasteiger partial charge on any atom is 0.365 e. The van der Waals surface area contributed by atoms with E-state index in [4.69, 9.17) is 10.5 Å². The van der Waals surface area contributed by atoms with Crippen molar-refractivity contribution in [3.63, 3.8) is 0 Å². The summed E-state index contributed by atoms with van der Waals surface area (Å²) in [5.41, 5.74) is 7.03. The Morgan fingerprint density at radius 3 is 2.62 bits per heavy atom. The first-order valence-corrected chi connectivity index (χ1v) is 11.5. The molecule has 2 amide bonds. The first-order valence-electron chi connectivity index (χ1n) is 10.7. The van der Waals surface area contributed by atoms with Crippen LogP contribution in [0.5, 0.6) is 5.75 Å². The van der Waals surface area contributed by atoms with E-state index in [1.807, 2.05) is 12.1 Å². The summed E-state index contributed by atoms with van der Waals surface area (Å²) in [5, 5.41) is 12.2. The Morgan fingerprint density at radius 2 is 1.94 bits per heavy atom. The maximum atomic E-state index is 13.0. The lowest BCUT2D eigenvalue weighted by molar-refractivity contribution is -0.130. The number of ether oxygens (including phenoxy) is 1. The second-order valence-corrected chi connectivity index (χ2v) is 8.97. The molecule has 0 radical (unpaired) electrons. The average Bonchev–Trinajstić information content (AvgIpc) is 3.42. The summed E-state index contributed by atoms with van der Waals surface area (Å²) >= 11 is 3.36. The molecule has 4 N–H and O–H groups in total. The number of rotatable bonds is 7. The van der Waals surface area contributed by atoms with Crippen molar-refractivity contribution in [1.29, 1.82) is 0 Å².